The summed E-state index contributed by atoms with van der Waals surface area (Å²) in [5.41, 5.74) is 6.58. The van der Waals surface area contributed by atoms with Crippen LogP contribution >= 0.6 is 23.1 Å². The molecule has 0 fully saturated rings. The number of anilines is 1. The van der Waals surface area contributed by atoms with Crippen LogP contribution in [0.4, 0.5) is 5.13 Å². The zero-order valence-corrected chi connectivity index (χ0v) is 10.7. The van der Waals surface area contributed by atoms with Gasteiger partial charge in [0.25, 0.3) is 0 Å². The van der Waals surface area contributed by atoms with Crippen LogP contribution in [0.15, 0.2) is 8.63 Å². The fourth-order valence-corrected chi connectivity index (χ4v) is 3.01. The number of nitrogens with zero attached hydrogens (tertiary/aromatic N) is 3. The van der Waals surface area contributed by atoms with Gasteiger partial charge < -0.3 is 10.2 Å². The molecular weight excluding hydrogens is 244 g/mol. The Labute approximate surface area is 101 Å². The predicted octanol–water partition coefficient (Wildman–Crippen LogP) is 2.27. The number of hydrogen-bond donors (Lipinski definition) is 1. The predicted molar refractivity (Wildman–Crippen MR) is 64.5 cm³/mol. The van der Waals surface area contributed by atoms with Gasteiger partial charge in [0.2, 0.25) is 11.8 Å². The minimum Gasteiger partial charge on any atom is -0.424 e. The van der Waals surface area contributed by atoms with Gasteiger partial charge in [0.15, 0.2) is 5.13 Å². The second-order valence-corrected chi connectivity index (χ2v) is 5.43. The lowest BCUT2D eigenvalue weighted by Gasteiger charge is -1.93. The Balaban J connectivity index is 1.99. The Bertz CT molecular complexity index is 480. The Hall–Kier alpha value is -1.08. The molecular formula is C9H12N4OS2. The van der Waals surface area contributed by atoms with Crippen molar-refractivity contribution in [3.05, 3.63) is 17.5 Å². The standard InChI is InChI=1S/C9H12N4OS2/c1-3-6-12-13-7(14-6)4-15-8-5(2)11-9(10)16-8/h3-4H2,1-2H3,(H2,10,11). The van der Waals surface area contributed by atoms with Gasteiger partial charge >= 0.3 is 0 Å². The number of thioether (sulfide) groups is 1. The molecule has 0 aliphatic rings. The summed E-state index contributed by atoms with van der Waals surface area (Å²) >= 11 is 3.11. The lowest BCUT2D eigenvalue weighted by Crippen LogP contribution is -1.81. The maximum absolute atomic E-state index is 5.62. The van der Waals surface area contributed by atoms with Crippen LogP contribution in [-0.4, -0.2) is 15.2 Å². The van der Waals surface area contributed by atoms with Crippen molar-refractivity contribution in [2.24, 2.45) is 0 Å². The molecule has 2 aromatic heterocycles. The highest BCUT2D eigenvalue weighted by Gasteiger charge is 2.09. The number of aryl methyl sites for hydroxylation is 2. The third-order valence-electron chi connectivity index (χ3n) is 1.91. The number of aromatic nitrogens is 3. The first-order chi connectivity index (χ1) is 7.69. The smallest absolute Gasteiger partial charge is 0.226 e. The Morgan fingerprint density at radius 1 is 1.38 bits per heavy atom. The van der Waals surface area contributed by atoms with Crippen LogP contribution in [0.25, 0.3) is 0 Å². The SMILES string of the molecule is CCc1nnc(CSc2sc(N)nc2C)o1. The van der Waals surface area contributed by atoms with Crippen molar-refractivity contribution in [1.82, 2.24) is 15.2 Å². The first-order valence-electron chi connectivity index (χ1n) is 4.86. The van der Waals surface area contributed by atoms with Crippen molar-refractivity contribution in [2.75, 3.05) is 5.73 Å². The first-order valence-corrected chi connectivity index (χ1v) is 6.66. The van der Waals surface area contributed by atoms with E-state index in [2.05, 4.69) is 15.2 Å². The molecule has 0 atom stereocenters. The molecule has 0 aromatic carbocycles. The molecule has 0 bridgehead atoms. The highest BCUT2D eigenvalue weighted by molar-refractivity contribution is 8.00. The summed E-state index contributed by atoms with van der Waals surface area (Å²) < 4.78 is 6.52. The second kappa shape index (κ2) is 4.84. The molecule has 2 N–H and O–H groups in total. The topological polar surface area (TPSA) is 77.8 Å². The summed E-state index contributed by atoms with van der Waals surface area (Å²) in [6.07, 6.45) is 0.768. The van der Waals surface area contributed by atoms with E-state index in [0.29, 0.717) is 22.7 Å². The van der Waals surface area contributed by atoms with Crippen molar-refractivity contribution in [2.45, 2.75) is 30.2 Å². The van der Waals surface area contributed by atoms with Crippen molar-refractivity contribution in [1.29, 1.82) is 0 Å². The van der Waals surface area contributed by atoms with Crippen LogP contribution in [-0.2, 0) is 12.2 Å². The van der Waals surface area contributed by atoms with Gasteiger partial charge in [-0.2, -0.15) is 0 Å². The van der Waals surface area contributed by atoms with E-state index in [0.717, 1.165) is 16.3 Å². The van der Waals surface area contributed by atoms with Gasteiger partial charge in [-0.25, -0.2) is 4.98 Å². The molecule has 0 aliphatic carbocycles. The van der Waals surface area contributed by atoms with Gasteiger partial charge in [-0.15, -0.1) is 22.0 Å². The molecule has 0 unspecified atom stereocenters. The molecule has 0 radical (unpaired) electrons. The van der Waals surface area contributed by atoms with E-state index >= 15 is 0 Å². The summed E-state index contributed by atoms with van der Waals surface area (Å²) in [6, 6.07) is 0. The van der Waals surface area contributed by atoms with Crippen LogP contribution in [0.3, 0.4) is 0 Å². The molecule has 5 nitrogen and oxygen atoms in total. The minimum atomic E-state index is 0.597. The maximum Gasteiger partial charge on any atom is 0.226 e. The molecule has 0 spiro atoms. The largest absolute Gasteiger partial charge is 0.424 e. The van der Waals surface area contributed by atoms with E-state index in [1.165, 1.54) is 11.3 Å². The third-order valence-corrected chi connectivity index (χ3v) is 4.24. The van der Waals surface area contributed by atoms with Crippen LogP contribution in [0.1, 0.15) is 24.4 Å². The van der Waals surface area contributed by atoms with Gasteiger partial charge in [-0.3, -0.25) is 0 Å². The number of nitrogen functional groups attached to an aromatic ring is 1. The number of hydrogen-bond acceptors (Lipinski definition) is 7. The third kappa shape index (κ3) is 2.53. The van der Waals surface area contributed by atoms with Gasteiger partial charge in [0, 0.05) is 6.42 Å². The van der Waals surface area contributed by atoms with E-state index in [1.54, 1.807) is 11.8 Å². The molecule has 2 aromatic rings. The Morgan fingerprint density at radius 2 is 2.12 bits per heavy atom. The van der Waals surface area contributed by atoms with Gasteiger partial charge in [0.1, 0.15) is 0 Å². The van der Waals surface area contributed by atoms with Gasteiger partial charge in [-0.1, -0.05) is 18.3 Å². The number of thiazole rings is 1. The van der Waals surface area contributed by atoms with Crippen LogP contribution < -0.4 is 5.73 Å². The Kier molecular flexibility index (Phi) is 3.45. The lowest BCUT2D eigenvalue weighted by atomic mass is 10.5. The highest BCUT2D eigenvalue weighted by Crippen LogP contribution is 2.32. The maximum atomic E-state index is 5.62. The molecule has 0 saturated heterocycles. The van der Waals surface area contributed by atoms with Crippen molar-refractivity contribution in [3.63, 3.8) is 0 Å². The molecule has 0 amide bonds. The monoisotopic (exact) mass is 256 g/mol. The molecule has 16 heavy (non-hydrogen) atoms. The van der Waals surface area contributed by atoms with E-state index in [9.17, 15) is 0 Å². The molecule has 86 valence electrons. The molecule has 0 saturated carbocycles. The average molecular weight is 256 g/mol. The van der Waals surface area contributed by atoms with Crippen molar-refractivity contribution < 1.29 is 4.42 Å². The quantitative estimate of drug-likeness (QED) is 0.845. The Morgan fingerprint density at radius 3 is 2.69 bits per heavy atom. The normalized spacial score (nSPS) is 10.9. The summed E-state index contributed by atoms with van der Waals surface area (Å²) in [7, 11) is 0. The summed E-state index contributed by atoms with van der Waals surface area (Å²) in [5.74, 6) is 1.99. The average Bonchev–Trinajstić information content (AvgIpc) is 2.82. The number of nitrogens with two attached hydrogens (primary N) is 1. The van der Waals surface area contributed by atoms with E-state index in [-0.39, 0.29) is 0 Å². The van der Waals surface area contributed by atoms with E-state index in [1.807, 2.05) is 13.8 Å². The van der Waals surface area contributed by atoms with E-state index < -0.39 is 0 Å². The lowest BCUT2D eigenvalue weighted by molar-refractivity contribution is 0.470. The zero-order chi connectivity index (χ0) is 11.5. The van der Waals surface area contributed by atoms with Gasteiger partial charge in [0.05, 0.1) is 15.7 Å². The minimum absolute atomic E-state index is 0.597. The van der Waals surface area contributed by atoms with Gasteiger partial charge in [-0.05, 0) is 6.92 Å². The molecule has 2 rings (SSSR count). The summed E-state index contributed by atoms with van der Waals surface area (Å²) in [5, 5.41) is 8.46. The van der Waals surface area contributed by atoms with Crippen LogP contribution in [0.5, 0.6) is 0 Å². The molecule has 7 heteroatoms. The second-order valence-electron chi connectivity index (χ2n) is 3.16. The first kappa shape index (κ1) is 11.4. The summed E-state index contributed by atoms with van der Waals surface area (Å²) in [4.78, 5) is 4.15. The molecule has 2 heterocycles. The fourth-order valence-electron chi connectivity index (χ4n) is 1.15. The zero-order valence-electron chi connectivity index (χ0n) is 9.06. The number of rotatable bonds is 4. The van der Waals surface area contributed by atoms with Crippen molar-refractivity contribution in [3.8, 4) is 0 Å². The summed E-state index contributed by atoms with van der Waals surface area (Å²) in [6.45, 7) is 3.93. The van der Waals surface area contributed by atoms with Crippen LogP contribution in [0.2, 0.25) is 0 Å². The highest BCUT2D eigenvalue weighted by atomic mass is 32.2. The fraction of sp³-hybridized carbons (Fsp3) is 0.444. The van der Waals surface area contributed by atoms with Crippen molar-refractivity contribution >= 4 is 28.2 Å². The van der Waals surface area contributed by atoms with E-state index in [4.69, 9.17) is 10.2 Å². The van der Waals surface area contributed by atoms with Crippen LogP contribution in [0, 0.1) is 6.92 Å². The molecule has 0 aliphatic heterocycles.